The van der Waals surface area contributed by atoms with E-state index in [9.17, 15) is 13.2 Å². The van der Waals surface area contributed by atoms with Gasteiger partial charge in [0.2, 0.25) is 0 Å². The molecule has 2 amide bonds. The SMILES string of the molecule is CCCCNC(=O)NS(=O)(=O)c1ccc(Cl)cc1. The molecule has 0 aromatic heterocycles. The molecule has 5 nitrogen and oxygen atoms in total. The summed E-state index contributed by atoms with van der Waals surface area (Å²) in [5, 5.41) is 2.90. The number of benzene rings is 1. The van der Waals surface area contributed by atoms with Crippen molar-refractivity contribution in [1.29, 1.82) is 0 Å². The molecule has 0 radical (unpaired) electrons. The number of hydrogen-bond donors (Lipinski definition) is 2. The van der Waals surface area contributed by atoms with E-state index in [0.29, 0.717) is 11.6 Å². The van der Waals surface area contributed by atoms with Gasteiger partial charge in [-0.15, -0.1) is 0 Å². The van der Waals surface area contributed by atoms with Gasteiger partial charge in [0.05, 0.1) is 4.90 Å². The average Bonchev–Trinajstić information content (AvgIpc) is 2.29. The van der Waals surface area contributed by atoms with Gasteiger partial charge in [-0.25, -0.2) is 17.9 Å². The van der Waals surface area contributed by atoms with Crippen LogP contribution in [0.3, 0.4) is 0 Å². The van der Waals surface area contributed by atoms with Gasteiger partial charge in [0.1, 0.15) is 0 Å². The first-order valence-corrected chi connectivity index (χ1v) is 7.38. The fraction of sp³-hybridized carbons (Fsp3) is 0.364. The molecule has 0 fully saturated rings. The molecule has 0 bridgehead atoms. The lowest BCUT2D eigenvalue weighted by molar-refractivity contribution is 0.245. The first-order valence-electron chi connectivity index (χ1n) is 5.52. The summed E-state index contributed by atoms with van der Waals surface area (Å²) in [5.74, 6) is 0. The smallest absolute Gasteiger partial charge is 0.328 e. The van der Waals surface area contributed by atoms with E-state index in [-0.39, 0.29) is 4.90 Å². The van der Waals surface area contributed by atoms with Gasteiger partial charge in [0.15, 0.2) is 0 Å². The second kappa shape index (κ2) is 6.61. The zero-order chi connectivity index (χ0) is 13.6. The van der Waals surface area contributed by atoms with Crippen LogP contribution in [0.1, 0.15) is 19.8 Å². The van der Waals surface area contributed by atoms with Crippen LogP contribution in [-0.2, 0) is 10.0 Å². The van der Waals surface area contributed by atoms with Gasteiger partial charge in [-0.1, -0.05) is 24.9 Å². The van der Waals surface area contributed by atoms with E-state index in [4.69, 9.17) is 11.6 Å². The number of urea groups is 1. The topological polar surface area (TPSA) is 75.3 Å². The predicted molar refractivity (Wildman–Crippen MR) is 70.1 cm³/mol. The van der Waals surface area contributed by atoms with E-state index in [1.165, 1.54) is 24.3 Å². The first kappa shape index (κ1) is 14.8. The Morgan fingerprint density at radius 1 is 1.28 bits per heavy atom. The third kappa shape index (κ3) is 4.54. The van der Waals surface area contributed by atoms with Gasteiger partial charge >= 0.3 is 6.03 Å². The Kier molecular flexibility index (Phi) is 5.43. The van der Waals surface area contributed by atoms with E-state index in [1.807, 2.05) is 11.6 Å². The number of rotatable bonds is 5. The Morgan fingerprint density at radius 3 is 2.44 bits per heavy atom. The van der Waals surface area contributed by atoms with Crippen molar-refractivity contribution in [3.63, 3.8) is 0 Å². The number of carbonyl (C=O) groups is 1. The Morgan fingerprint density at radius 2 is 1.89 bits per heavy atom. The van der Waals surface area contributed by atoms with Crippen LogP contribution in [0.25, 0.3) is 0 Å². The number of hydrogen-bond acceptors (Lipinski definition) is 3. The molecule has 2 N–H and O–H groups in total. The minimum Gasteiger partial charge on any atom is -0.337 e. The highest BCUT2D eigenvalue weighted by Crippen LogP contribution is 2.13. The van der Waals surface area contributed by atoms with Crippen LogP contribution in [0.15, 0.2) is 29.2 Å². The van der Waals surface area contributed by atoms with E-state index in [0.717, 1.165) is 12.8 Å². The van der Waals surface area contributed by atoms with Gasteiger partial charge in [0, 0.05) is 11.6 Å². The first-order chi connectivity index (χ1) is 8.45. The Bertz CT molecular complexity index is 500. The zero-order valence-corrected chi connectivity index (χ0v) is 11.5. The molecule has 1 rings (SSSR count). The molecule has 0 atom stereocenters. The molecule has 100 valence electrons. The van der Waals surface area contributed by atoms with Crippen LogP contribution in [0.2, 0.25) is 5.02 Å². The highest BCUT2D eigenvalue weighted by atomic mass is 35.5. The molecular weight excluding hydrogens is 276 g/mol. The lowest BCUT2D eigenvalue weighted by Crippen LogP contribution is -2.39. The minimum atomic E-state index is -3.83. The Labute approximate surface area is 112 Å². The van der Waals surface area contributed by atoms with Gasteiger partial charge in [-0.3, -0.25) is 0 Å². The molecule has 0 heterocycles. The third-order valence-electron chi connectivity index (χ3n) is 2.17. The summed E-state index contributed by atoms with van der Waals surface area (Å²) >= 11 is 5.66. The van der Waals surface area contributed by atoms with Crippen LogP contribution in [0.4, 0.5) is 4.79 Å². The Balaban J connectivity index is 2.64. The summed E-state index contributed by atoms with van der Waals surface area (Å²) in [4.78, 5) is 11.3. The maximum absolute atomic E-state index is 11.8. The minimum absolute atomic E-state index is 0.00228. The van der Waals surface area contributed by atoms with Gasteiger partial charge in [0.25, 0.3) is 10.0 Å². The number of sulfonamides is 1. The van der Waals surface area contributed by atoms with E-state index >= 15 is 0 Å². The van der Waals surface area contributed by atoms with E-state index in [1.54, 1.807) is 0 Å². The van der Waals surface area contributed by atoms with Crippen LogP contribution < -0.4 is 10.0 Å². The number of halogens is 1. The summed E-state index contributed by atoms with van der Waals surface area (Å²) in [6.07, 6.45) is 1.72. The quantitative estimate of drug-likeness (QED) is 0.816. The van der Waals surface area contributed by atoms with Crippen molar-refractivity contribution in [2.24, 2.45) is 0 Å². The fourth-order valence-electron chi connectivity index (χ4n) is 1.21. The largest absolute Gasteiger partial charge is 0.337 e. The van der Waals surface area contributed by atoms with Crippen LogP contribution >= 0.6 is 11.6 Å². The van der Waals surface area contributed by atoms with E-state index < -0.39 is 16.1 Å². The van der Waals surface area contributed by atoms with Gasteiger partial charge < -0.3 is 5.32 Å². The maximum Gasteiger partial charge on any atom is 0.328 e. The molecule has 0 unspecified atom stereocenters. The summed E-state index contributed by atoms with van der Waals surface area (Å²) in [7, 11) is -3.83. The third-order valence-corrected chi connectivity index (χ3v) is 3.77. The van der Waals surface area contributed by atoms with E-state index in [2.05, 4.69) is 5.32 Å². The second-order valence-corrected chi connectivity index (χ2v) is 5.79. The van der Waals surface area contributed by atoms with Crippen LogP contribution in [-0.4, -0.2) is 21.0 Å². The lowest BCUT2D eigenvalue weighted by atomic mass is 10.3. The Hall–Kier alpha value is -1.27. The average molecular weight is 291 g/mol. The monoisotopic (exact) mass is 290 g/mol. The molecule has 1 aromatic rings. The molecule has 7 heteroatoms. The van der Waals surface area contributed by atoms with Gasteiger partial charge in [-0.05, 0) is 30.7 Å². The number of carbonyl (C=O) groups excluding carboxylic acids is 1. The number of nitrogens with one attached hydrogen (secondary N) is 2. The fourth-order valence-corrected chi connectivity index (χ4v) is 2.26. The van der Waals surface area contributed by atoms with Gasteiger partial charge in [-0.2, -0.15) is 0 Å². The molecule has 18 heavy (non-hydrogen) atoms. The molecule has 0 aliphatic heterocycles. The molecule has 0 aliphatic rings. The summed E-state index contributed by atoms with van der Waals surface area (Å²) in [6, 6.07) is 4.85. The standard InChI is InChI=1S/C11H15ClN2O3S/c1-2-3-8-13-11(15)14-18(16,17)10-6-4-9(12)5-7-10/h4-7H,2-3,8H2,1H3,(H2,13,14,15). The molecule has 0 saturated heterocycles. The molecular formula is C11H15ClN2O3S. The van der Waals surface area contributed by atoms with Crippen LogP contribution in [0, 0.1) is 0 Å². The van der Waals surface area contributed by atoms with Crippen molar-refractivity contribution in [3.05, 3.63) is 29.3 Å². The number of unbranched alkanes of at least 4 members (excludes halogenated alkanes) is 1. The van der Waals surface area contributed by atoms with Crippen molar-refractivity contribution >= 4 is 27.7 Å². The lowest BCUT2D eigenvalue weighted by Gasteiger charge is -2.08. The van der Waals surface area contributed by atoms with Crippen molar-refractivity contribution in [1.82, 2.24) is 10.0 Å². The second-order valence-electron chi connectivity index (χ2n) is 3.67. The van der Waals surface area contributed by atoms with Crippen molar-refractivity contribution < 1.29 is 13.2 Å². The normalized spacial score (nSPS) is 11.0. The van der Waals surface area contributed by atoms with Crippen molar-refractivity contribution in [2.45, 2.75) is 24.7 Å². The highest BCUT2D eigenvalue weighted by molar-refractivity contribution is 7.90. The molecule has 0 spiro atoms. The van der Waals surface area contributed by atoms with Crippen molar-refractivity contribution in [3.8, 4) is 0 Å². The molecule has 1 aromatic carbocycles. The highest BCUT2D eigenvalue weighted by Gasteiger charge is 2.16. The summed E-state index contributed by atoms with van der Waals surface area (Å²) < 4.78 is 25.5. The predicted octanol–water partition coefficient (Wildman–Crippen LogP) is 2.13. The molecule has 0 aliphatic carbocycles. The maximum atomic E-state index is 11.8. The zero-order valence-electron chi connectivity index (χ0n) is 9.94. The summed E-state index contributed by atoms with van der Waals surface area (Å²) in [5.41, 5.74) is 0. The number of amides is 2. The van der Waals surface area contributed by atoms with Crippen molar-refractivity contribution in [2.75, 3.05) is 6.54 Å². The molecule has 0 saturated carbocycles. The van der Waals surface area contributed by atoms with Crippen LogP contribution in [0.5, 0.6) is 0 Å². The summed E-state index contributed by atoms with van der Waals surface area (Å²) in [6.45, 7) is 2.42.